The van der Waals surface area contributed by atoms with Crippen LogP contribution in [-0.2, 0) is 4.74 Å². The molecule has 0 heterocycles. The van der Waals surface area contributed by atoms with Crippen LogP contribution in [0.5, 0.6) is 0 Å². The van der Waals surface area contributed by atoms with E-state index in [2.05, 4.69) is 5.32 Å². The van der Waals surface area contributed by atoms with E-state index >= 15 is 0 Å². The highest BCUT2D eigenvalue weighted by Gasteiger charge is 2.24. The van der Waals surface area contributed by atoms with Gasteiger partial charge in [0.05, 0.1) is 9.95 Å². The van der Waals surface area contributed by atoms with E-state index in [1.807, 2.05) is 0 Å². The molecule has 0 spiro atoms. The molecule has 1 rings (SSSR count). The van der Waals surface area contributed by atoms with Crippen LogP contribution >= 0.6 is 23.2 Å². The molecule has 0 aliphatic carbocycles. The molecule has 8 heteroatoms. The van der Waals surface area contributed by atoms with Crippen molar-refractivity contribution >= 4 is 40.7 Å². The minimum absolute atomic E-state index is 0.0307. The van der Waals surface area contributed by atoms with Crippen LogP contribution in [0.4, 0.5) is 16.2 Å². The summed E-state index contributed by atoms with van der Waals surface area (Å²) in [7, 11) is 0. The van der Waals surface area contributed by atoms with Crippen molar-refractivity contribution in [2.24, 2.45) is 0 Å². The number of anilines is 1. The van der Waals surface area contributed by atoms with Crippen LogP contribution < -0.4 is 5.32 Å². The summed E-state index contributed by atoms with van der Waals surface area (Å²) in [5.41, 5.74) is -1.26. The summed E-state index contributed by atoms with van der Waals surface area (Å²) in [6, 6.07) is 2.64. The Morgan fingerprint density at radius 2 is 1.95 bits per heavy atom. The number of hydrogen-bond donors (Lipinski definition) is 1. The summed E-state index contributed by atoms with van der Waals surface area (Å²) in [5, 5.41) is 13.0. The molecular weight excluding hydrogens is 295 g/mol. The van der Waals surface area contributed by atoms with Crippen LogP contribution in [0.25, 0.3) is 0 Å². The zero-order valence-corrected chi connectivity index (χ0v) is 12.0. The van der Waals surface area contributed by atoms with Gasteiger partial charge in [0.15, 0.2) is 0 Å². The van der Waals surface area contributed by atoms with E-state index in [0.29, 0.717) is 0 Å². The SMILES string of the molecule is CC(C)(C)OC(=O)Nc1ccc(Cl)c(Cl)c1[N+](=O)[O-]. The largest absolute Gasteiger partial charge is 0.444 e. The lowest BCUT2D eigenvalue weighted by atomic mass is 10.2. The first-order chi connectivity index (χ1) is 8.61. The fourth-order valence-electron chi connectivity index (χ4n) is 1.23. The molecule has 0 aromatic heterocycles. The number of carbonyl (C=O) groups is 1. The van der Waals surface area contributed by atoms with Crippen LogP contribution in [0.1, 0.15) is 20.8 Å². The highest BCUT2D eigenvalue weighted by Crippen LogP contribution is 2.38. The predicted molar refractivity (Wildman–Crippen MR) is 73.0 cm³/mol. The number of rotatable bonds is 2. The molecule has 19 heavy (non-hydrogen) atoms. The Balaban J connectivity index is 3.05. The lowest BCUT2D eigenvalue weighted by molar-refractivity contribution is -0.383. The van der Waals surface area contributed by atoms with Gasteiger partial charge in [-0.2, -0.15) is 0 Å². The third-order valence-corrected chi connectivity index (χ3v) is 2.68. The number of amides is 1. The van der Waals surface area contributed by atoms with Crippen molar-refractivity contribution in [3.05, 3.63) is 32.3 Å². The van der Waals surface area contributed by atoms with E-state index in [9.17, 15) is 14.9 Å². The van der Waals surface area contributed by atoms with Crippen LogP contribution in [0.2, 0.25) is 10.0 Å². The van der Waals surface area contributed by atoms with Crippen molar-refractivity contribution in [3.63, 3.8) is 0 Å². The fraction of sp³-hybridized carbons (Fsp3) is 0.364. The van der Waals surface area contributed by atoms with Gasteiger partial charge >= 0.3 is 11.8 Å². The third-order valence-electron chi connectivity index (χ3n) is 1.89. The van der Waals surface area contributed by atoms with Crippen LogP contribution in [0, 0.1) is 10.1 Å². The molecule has 104 valence electrons. The first-order valence-electron chi connectivity index (χ1n) is 5.24. The van der Waals surface area contributed by atoms with Gasteiger partial charge < -0.3 is 4.74 Å². The Hall–Kier alpha value is -1.53. The van der Waals surface area contributed by atoms with E-state index in [-0.39, 0.29) is 15.7 Å². The minimum Gasteiger partial charge on any atom is -0.444 e. The molecule has 0 saturated carbocycles. The summed E-state index contributed by atoms with van der Waals surface area (Å²) in [4.78, 5) is 21.8. The Bertz CT molecular complexity index is 526. The van der Waals surface area contributed by atoms with Crippen molar-refractivity contribution in [2.45, 2.75) is 26.4 Å². The number of hydrogen-bond acceptors (Lipinski definition) is 4. The van der Waals surface area contributed by atoms with Gasteiger partial charge in [-0.1, -0.05) is 23.2 Å². The van der Waals surface area contributed by atoms with E-state index in [1.54, 1.807) is 20.8 Å². The van der Waals surface area contributed by atoms with Gasteiger partial charge in [-0.3, -0.25) is 15.4 Å². The number of nitrogens with zero attached hydrogens (tertiary/aromatic N) is 1. The third kappa shape index (κ3) is 4.25. The predicted octanol–water partition coefficient (Wildman–Crippen LogP) is 4.25. The second kappa shape index (κ2) is 5.63. The van der Waals surface area contributed by atoms with E-state index in [1.165, 1.54) is 12.1 Å². The number of nitro benzene ring substituents is 1. The van der Waals surface area contributed by atoms with Crippen molar-refractivity contribution in [2.75, 3.05) is 5.32 Å². The molecule has 0 fully saturated rings. The molecule has 0 saturated heterocycles. The highest BCUT2D eigenvalue weighted by atomic mass is 35.5. The Kier molecular flexibility index (Phi) is 4.60. The van der Waals surface area contributed by atoms with Crippen molar-refractivity contribution in [1.29, 1.82) is 0 Å². The molecule has 1 amide bonds. The van der Waals surface area contributed by atoms with Crippen molar-refractivity contribution in [3.8, 4) is 0 Å². The number of halogens is 2. The second-order valence-corrected chi connectivity index (χ2v) is 5.43. The standard InChI is InChI=1S/C11H12Cl2N2O4/c1-11(2,3)19-10(16)14-7-5-4-6(12)8(13)9(7)15(17)18/h4-5H,1-3H3,(H,14,16). The highest BCUT2D eigenvalue weighted by molar-refractivity contribution is 6.43. The monoisotopic (exact) mass is 306 g/mol. The Morgan fingerprint density at radius 1 is 1.37 bits per heavy atom. The quantitative estimate of drug-likeness (QED) is 0.654. The Labute approximate surface area is 119 Å². The fourth-order valence-corrected chi connectivity index (χ4v) is 1.62. The molecule has 0 aliphatic rings. The molecule has 0 aliphatic heterocycles. The van der Waals surface area contributed by atoms with Gasteiger partial charge in [0.25, 0.3) is 0 Å². The summed E-state index contributed by atoms with van der Waals surface area (Å²) >= 11 is 11.4. The maximum absolute atomic E-state index is 11.6. The van der Waals surface area contributed by atoms with Gasteiger partial charge in [-0.25, -0.2) is 4.79 Å². The van der Waals surface area contributed by atoms with Gasteiger partial charge in [-0.15, -0.1) is 0 Å². The number of ether oxygens (including phenoxy) is 1. The van der Waals surface area contributed by atoms with Gasteiger partial charge in [0, 0.05) is 0 Å². The maximum atomic E-state index is 11.6. The average molecular weight is 307 g/mol. The average Bonchev–Trinajstić information content (AvgIpc) is 2.20. The molecule has 0 bridgehead atoms. The van der Waals surface area contributed by atoms with Crippen LogP contribution in [0.3, 0.4) is 0 Å². The smallest absolute Gasteiger partial charge is 0.412 e. The molecular formula is C11H12Cl2N2O4. The minimum atomic E-state index is -0.811. The summed E-state index contributed by atoms with van der Waals surface area (Å²) in [5.74, 6) is 0. The van der Waals surface area contributed by atoms with Gasteiger partial charge in [0.1, 0.15) is 16.3 Å². The van der Waals surface area contributed by atoms with Crippen LogP contribution in [-0.4, -0.2) is 16.6 Å². The van der Waals surface area contributed by atoms with E-state index < -0.39 is 22.3 Å². The topological polar surface area (TPSA) is 81.5 Å². The summed E-state index contributed by atoms with van der Waals surface area (Å²) < 4.78 is 5.00. The maximum Gasteiger partial charge on any atom is 0.412 e. The Morgan fingerprint density at radius 3 is 2.42 bits per heavy atom. The molecule has 0 radical (unpaired) electrons. The van der Waals surface area contributed by atoms with Gasteiger partial charge in [0.2, 0.25) is 0 Å². The van der Waals surface area contributed by atoms with Crippen molar-refractivity contribution < 1.29 is 14.5 Å². The van der Waals surface area contributed by atoms with Crippen LogP contribution in [0.15, 0.2) is 12.1 Å². The lowest BCUT2D eigenvalue weighted by Gasteiger charge is -2.19. The van der Waals surface area contributed by atoms with E-state index in [4.69, 9.17) is 27.9 Å². The molecule has 6 nitrogen and oxygen atoms in total. The second-order valence-electron chi connectivity index (χ2n) is 4.64. The number of nitro groups is 1. The first kappa shape index (κ1) is 15.5. The van der Waals surface area contributed by atoms with Gasteiger partial charge in [-0.05, 0) is 32.9 Å². The van der Waals surface area contributed by atoms with E-state index in [0.717, 1.165) is 0 Å². The van der Waals surface area contributed by atoms with Crippen molar-refractivity contribution in [1.82, 2.24) is 0 Å². The molecule has 0 atom stereocenters. The zero-order valence-electron chi connectivity index (χ0n) is 10.5. The summed E-state index contributed by atoms with van der Waals surface area (Å²) in [6.45, 7) is 5.03. The number of nitrogens with one attached hydrogen (secondary N) is 1. The molecule has 1 aromatic rings. The first-order valence-corrected chi connectivity index (χ1v) is 6.00. The lowest BCUT2D eigenvalue weighted by Crippen LogP contribution is -2.27. The molecule has 1 aromatic carbocycles. The number of carbonyl (C=O) groups excluding carboxylic acids is 1. The normalized spacial score (nSPS) is 11.0. The summed E-state index contributed by atoms with van der Waals surface area (Å²) in [6.07, 6.45) is -0.811. The zero-order chi connectivity index (χ0) is 14.8. The molecule has 0 unspecified atom stereocenters. The molecule has 1 N–H and O–H groups in total. The number of benzene rings is 1.